The van der Waals surface area contributed by atoms with Gasteiger partial charge in [0.25, 0.3) is 0 Å². The molecule has 27 heavy (non-hydrogen) atoms. The third kappa shape index (κ3) is 2.71. The molecule has 1 saturated heterocycles. The summed E-state index contributed by atoms with van der Waals surface area (Å²) in [5.41, 5.74) is -1.56. The Morgan fingerprint density at radius 1 is 1.04 bits per heavy atom. The number of anilines is 1. The number of carbonyl (C=O) groups excluding carboxylic acids is 3. The highest BCUT2D eigenvalue weighted by atomic mass is 16.2. The van der Waals surface area contributed by atoms with E-state index in [1.807, 2.05) is 45.0 Å². The molecule has 140 valence electrons. The molecule has 1 aromatic carbocycles. The first-order valence-corrected chi connectivity index (χ1v) is 9.15. The van der Waals surface area contributed by atoms with Crippen molar-refractivity contribution in [3.63, 3.8) is 0 Å². The molecule has 0 radical (unpaired) electrons. The number of pyridine rings is 1. The van der Waals surface area contributed by atoms with Gasteiger partial charge in [-0.2, -0.15) is 0 Å². The van der Waals surface area contributed by atoms with Crippen LogP contribution in [0.4, 0.5) is 5.69 Å². The van der Waals surface area contributed by atoms with Crippen LogP contribution in [0.15, 0.2) is 36.7 Å². The van der Waals surface area contributed by atoms with Gasteiger partial charge in [0, 0.05) is 45.1 Å². The van der Waals surface area contributed by atoms with Crippen LogP contribution in [0.5, 0.6) is 0 Å². The molecule has 2 N–H and O–H groups in total. The number of amides is 3. The van der Waals surface area contributed by atoms with Gasteiger partial charge in [0.05, 0.1) is 0 Å². The zero-order chi connectivity index (χ0) is 19.4. The number of benzene rings is 1. The molecule has 3 amide bonds. The van der Waals surface area contributed by atoms with Crippen molar-refractivity contribution in [1.82, 2.24) is 10.3 Å². The van der Waals surface area contributed by atoms with Crippen LogP contribution in [0, 0.1) is 16.2 Å². The molecule has 2 bridgehead atoms. The minimum atomic E-state index is -0.815. The Balaban J connectivity index is 1.68. The van der Waals surface area contributed by atoms with Crippen molar-refractivity contribution >= 4 is 34.2 Å². The average Bonchev–Trinajstić information content (AvgIpc) is 2.60. The number of imide groups is 1. The summed E-state index contributed by atoms with van der Waals surface area (Å²) in [6.07, 6.45) is 4.74. The number of aromatic nitrogens is 1. The summed E-state index contributed by atoms with van der Waals surface area (Å²) in [5.74, 6) is -0.716. The number of piperidine rings is 1. The number of rotatable bonds is 2. The highest BCUT2D eigenvalue weighted by molar-refractivity contribution is 6.07. The van der Waals surface area contributed by atoms with Crippen molar-refractivity contribution in [2.75, 3.05) is 5.32 Å². The predicted octanol–water partition coefficient (Wildman–Crippen LogP) is 3.03. The smallest absolute Gasteiger partial charge is 0.232 e. The van der Waals surface area contributed by atoms with E-state index in [1.54, 1.807) is 12.4 Å². The highest BCUT2D eigenvalue weighted by Crippen LogP contribution is 2.56. The number of carbonyl (C=O) groups is 3. The second kappa shape index (κ2) is 5.62. The van der Waals surface area contributed by atoms with Crippen LogP contribution < -0.4 is 10.6 Å². The molecule has 1 aliphatic carbocycles. The first kappa shape index (κ1) is 17.6. The van der Waals surface area contributed by atoms with Gasteiger partial charge in [0.2, 0.25) is 17.7 Å². The fourth-order valence-electron chi connectivity index (χ4n) is 5.16. The number of hydrogen-bond acceptors (Lipinski definition) is 4. The van der Waals surface area contributed by atoms with E-state index in [2.05, 4.69) is 15.6 Å². The third-order valence-corrected chi connectivity index (χ3v) is 6.14. The fraction of sp³-hybridized carbons (Fsp3) is 0.429. The van der Waals surface area contributed by atoms with Crippen LogP contribution in [0.25, 0.3) is 10.8 Å². The fourth-order valence-corrected chi connectivity index (χ4v) is 5.16. The van der Waals surface area contributed by atoms with E-state index in [-0.39, 0.29) is 17.7 Å². The van der Waals surface area contributed by atoms with Crippen LogP contribution in [0.3, 0.4) is 0 Å². The highest BCUT2D eigenvalue weighted by Gasteiger charge is 2.60. The van der Waals surface area contributed by atoms with Gasteiger partial charge in [-0.25, -0.2) is 0 Å². The minimum Gasteiger partial charge on any atom is -0.325 e. The zero-order valence-electron chi connectivity index (χ0n) is 15.8. The molecule has 1 saturated carbocycles. The summed E-state index contributed by atoms with van der Waals surface area (Å²) in [7, 11) is 0. The quantitative estimate of drug-likeness (QED) is 0.801. The van der Waals surface area contributed by atoms with E-state index < -0.39 is 16.2 Å². The Morgan fingerprint density at radius 2 is 1.70 bits per heavy atom. The second-order valence-electron chi connectivity index (χ2n) is 8.85. The second-order valence-corrected chi connectivity index (χ2v) is 8.85. The number of nitrogens with zero attached hydrogens (tertiary/aromatic N) is 1. The van der Waals surface area contributed by atoms with Gasteiger partial charge in [0.15, 0.2) is 0 Å². The lowest BCUT2D eigenvalue weighted by Crippen LogP contribution is -2.63. The van der Waals surface area contributed by atoms with E-state index in [0.717, 1.165) is 10.8 Å². The maximum absolute atomic E-state index is 13.3. The molecule has 2 heterocycles. The van der Waals surface area contributed by atoms with Gasteiger partial charge in [-0.05, 0) is 31.4 Å². The number of nitrogens with one attached hydrogen (secondary N) is 2. The van der Waals surface area contributed by atoms with Crippen molar-refractivity contribution in [3.05, 3.63) is 36.7 Å². The molecule has 6 nitrogen and oxygen atoms in total. The molecule has 4 rings (SSSR count). The summed E-state index contributed by atoms with van der Waals surface area (Å²) < 4.78 is 0. The lowest BCUT2D eigenvalue weighted by atomic mass is 9.52. The third-order valence-electron chi connectivity index (χ3n) is 6.14. The normalized spacial score (nSPS) is 32.9. The van der Waals surface area contributed by atoms with Gasteiger partial charge in [-0.1, -0.05) is 32.9 Å². The Morgan fingerprint density at radius 3 is 2.37 bits per heavy atom. The van der Waals surface area contributed by atoms with Crippen molar-refractivity contribution < 1.29 is 14.4 Å². The maximum atomic E-state index is 13.3. The average molecular weight is 365 g/mol. The molecule has 1 unspecified atom stereocenters. The monoisotopic (exact) mass is 365 g/mol. The molecule has 3 atom stereocenters. The molecule has 1 aromatic heterocycles. The van der Waals surface area contributed by atoms with E-state index in [4.69, 9.17) is 0 Å². The first-order valence-electron chi connectivity index (χ1n) is 9.15. The van der Waals surface area contributed by atoms with E-state index in [0.29, 0.717) is 24.9 Å². The molecule has 1 aliphatic heterocycles. The lowest BCUT2D eigenvalue weighted by molar-refractivity contribution is -0.163. The van der Waals surface area contributed by atoms with Gasteiger partial charge in [-0.15, -0.1) is 0 Å². The Labute approximate surface area is 157 Å². The van der Waals surface area contributed by atoms with E-state index >= 15 is 0 Å². The number of fused-ring (bicyclic) bond motifs is 3. The van der Waals surface area contributed by atoms with Crippen LogP contribution >= 0.6 is 0 Å². The van der Waals surface area contributed by atoms with E-state index in [1.165, 1.54) is 0 Å². The topological polar surface area (TPSA) is 88.2 Å². The Bertz CT molecular complexity index is 952. The van der Waals surface area contributed by atoms with Crippen molar-refractivity contribution in [1.29, 1.82) is 0 Å². The standard InChI is InChI=1S/C21H23N3O3/c1-19(10-20(2)12-21(3,11-19)18(27)24-17(20)26)16(25)23-15-6-4-5-13-9-22-8-7-14(13)15/h4-9H,10-12H2,1-3H3,(H,23,25)(H,24,26,27)/t19?,20-,21+. The predicted molar refractivity (Wildman–Crippen MR) is 102 cm³/mol. The summed E-state index contributed by atoms with van der Waals surface area (Å²) in [6.45, 7) is 5.55. The van der Waals surface area contributed by atoms with Gasteiger partial charge >= 0.3 is 0 Å². The Kier molecular flexibility index (Phi) is 3.67. The summed E-state index contributed by atoms with van der Waals surface area (Å²) in [5, 5.41) is 7.38. The SMILES string of the molecule is CC1(C(=O)Nc2cccc3cnccc23)C[C@@]2(C)C[C@@](C)(C1)C(=O)NC2=O. The van der Waals surface area contributed by atoms with Crippen LogP contribution in [-0.4, -0.2) is 22.7 Å². The maximum Gasteiger partial charge on any atom is 0.232 e. The Hall–Kier alpha value is -2.76. The summed E-state index contributed by atoms with van der Waals surface area (Å²) in [4.78, 5) is 42.3. The van der Waals surface area contributed by atoms with Crippen LogP contribution in [0.1, 0.15) is 40.0 Å². The molecular weight excluding hydrogens is 342 g/mol. The lowest BCUT2D eigenvalue weighted by Gasteiger charge is -2.53. The summed E-state index contributed by atoms with van der Waals surface area (Å²) in [6, 6.07) is 7.53. The first-order chi connectivity index (χ1) is 12.7. The molecule has 6 heteroatoms. The van der Waals surface area contributed by atoms with Crippen LogP contribution in [0.2, 0.25) is 0 Å². The number of hydrogen-bond donors (Lipinski definition) is 2. The van der Waals surface area contributed by atoms with Crippen molar-refractivity contribution in [3.8, 4) is 0 Å². The van der Waals surface area contributed by atoms with Gasteiger partial charge in [0.1, 0.15) is 0 Å². The van der Waals surface area contributed by atoms with E-state index in [9.17, 15) is 14.4 Å². The van der Waals surface area contributed by atoms with Crippen molar-refractivity contribution in [2.24, 2.45) is 16.2 Å². The van der Waals surface area contributed by atoms with Gasteiger partial charge < -0.3 is 5.32 Å². The van der Waals surface area contributed by atoms with Crippen molar-refractivity contribution in [2.45, 2.75) is 40.0 Å². The molecule has 0 spiro atoms. The van der Waals surface area contributed by atoms with Gasteiger partial charge in [-0.3, -0.25) is 24.7 Å². The molecule has 2 aromatic rings. The molecular formula is C21H23N3O3. The molecule has 2 aliphatic rings. The minimum absolute atomic E-state index is 0.161. The van der Waals surface area contributed by atoms with Crippen LogP contribution in [-0.2, 0) is 14.4 Å². The largest absolute Gasteiger partial charge is 0.325 e. The molecule has 2 fully saturated rings. The zero-order valence-corrected chi connectivity index (χ0v) is 15.8. The summed E-state index contributed by atoms with van der Waals surface area (Å²) >= 11 is 0.